The van der Waals surface area contributed by atoms with Crippen LogP contribution in [0, 0.1) is 0 Å². The molecule has 27 heavy (non-hydrogen) atoms. The molecule has 0 unspecified atom stereocenters. The minimum atomic E-state index is -0.248. The van der Waals surface area contributed by atoms with Gasteiger partial charge in [-0.25, -0.2) is 0 Å². The number of methoxy groups -OCH3 is 1. The van der Waals surface area contributed by atoms with E-state index in [0.717, 1.165) is 16.9 Å². The lowest BCUT2D eigenvalue weighted by Crippen LogP contribution is -2.06. The first kappa shape index (κ1) is 18.5. The Kier molecular flexibility index (Phi) is 6.41. The van der Waals surface area contributed by atoms with Crippen molar-refractivity contribution in [2.45, 2.75) is 19.4 Å². The Bertz CT molecular complexity index is 863. The lowest BCUT2D eigenvalue weighted by molar-refractivity contribution is -0.144. The monoisotopic (exact) mass is 363 g/mol. The van der Waals surface area contributed by atoms with Crippen molar-refractivity contribution in [3.8, 4) is 17.2 Å². The molecular formula is C22H21NO4. The van der Waals surface area contributed by atoms with Gasteiger partial charge in [0.1, 0.15) is 23.9 Å². The molecule has 0 fully saturated rings. The van der Waals surface area contributed by atoms with Crippen LogP contribution in [0.15, 0.2) is 73.1 Å². The van der Waals surface area contributed by atoms with E-state index in [4.69, 9.17) is 14.2 Å². The predicted octanol–water partition coefficient (Wildman–Crippen LogP) is 4.56. The van der Waals surface area contributed by atoms with Crippen molar-refractivity contribution in [2.24, 2.45) is 0 Å². The topological polar surface area (TPSA) is 57.7 Å². The lowest BCUT2D eigenvalue weighted by Gasteiger charge is -2.11. The van der Waals surface area contributed by atoms with Crippen LogP contribution >= 0.6 is 0 Å². The van der Waals surface area contributed by atoms with Crippen LogP contribution in [0.3, 0.4) is 0 Å². The number of rotatable bonds is 8. The van der Waals surface area contributed by atoms with Crippen LogP contribution in [0.1, 0.15) is 17.5 Å². The van der Waals surface area contributed by atoms with E-state index in [9.17, 15) is 4.79 Å². The van der Waals surface area contributed by atoms with E-state index < -0.39 is 0 Å². The molecular weight excluding hydrogens is 342 g/mol. The van der Waals surface area contributed by atoms with Gasteiger partial charge >= 0.3 is 5.97 Å². The summed E-state index contributed by atoms with van der Waals surface area (Å²) in [5, 5.41) is 0. The third kappa shape index (κ3) is 5.57. The summed E-state index contributed by atoms with van der Waals surface area (Å²) in [7, 11) is 1.63. The zero-order valence-corrected chi connectivity index (χ0v) is 15.1. The maximum Gasteiger partial charge on any atom is 0.306 e. The zero-order chi connectivity index (χ0) is 18.9. The van der Waals surface area contributed by atoms with Gasteiger partial charge in [0.15, 0.2) is 0 Å². The molecule has 0 atom stereocenters. The third-order valence-electron chi connectivity index (χ3n) is 4.00. The molecule has 0 spiro atoms. The first-order valence-corrected chi connectivity index (χ1v) is 8.69. The van der Waals surface area contributed by atoms with Gasteiger partial charge in [-0.2, -0.15) is 0 Å². The van der Waals surface area contributed by atoms with Gasteiger partial charge in [-0.05, 0) is 42.3 Å². The Hall–Kier alpha value is -3.34. The van der Waals surface area contributed by atoms with Gasteiger partial charge < -0.3 is 14.2 Å². The number of pyridine rings is 1. The maximum absolute atomic E-state index is 12.1. The number of carbonyl (C=O) groups excluding carboxylic acids is 1. The fraction of sp³-hybridized carbons (Fsp3) is 0.182. The van der Waals surface area contributed by atoms with Crippen molar-refractivity contribution in [1.29, 1.82) is 0 Å². The molecule has 3 rings (SSSR count). The summed E-state index contributed by atoms with van der Waals surface area (Å²) >= 11 is 0. The van der Waals surface area contributed by atoms with E-state index in [1.165, 1.54) is 0 Å². The minimum Gasteiger partial charge on any atom is -0.497 e. The zero-order valence-electron chi connectivity index (χ0n) is 15.1. The van der Waals surface area contributed by atoms with Crippen LogP contribution in [-0.4, -0.2) is 18.1 Å². The number of hydrogen-bond acceptors (Lipinski definition) is 5. The summed E-state index contributed by atoms with van der Waals surface area (Å²) < 4.78 is 16.4. The highest BCUT2D eigenvalue weighted by Gasteiger charge is 2.09. The maximum atomic E-state index is 12.1. The highest BCUT2D eigenvalue weighted by Crippen LogP contribution is 2.25. The van der Waals surface area contributed by atoms with E-state index in [0.29, 0.717) is 24.3 Å². The van der Waals surface area contributed by atoms with Gasteiger partial charge in [0.25, 0.3) is 0 Å². The molecule has 0 N–H and O–H groups in total. The molecule has 138 valence electrons. The quantitative estimate of drug-likeness (QED) is 0.549. The molecule has 0 saturated heterocycles. The number of hydrogen-bond donors (Lipinski definition) is 0. The van der Waals surface area contributed by atoms with Crippen molar-refractivity contribution in [1.82, 2.24) is 4.98 Å². The van der Waals surface area contributed by atoms with Crippen LogP contribution in [-0.2, 0) is 22.6 Å². The molecule has 2 aromatic carbocycles. The Morgan fingerprint density at radius 1 is 0.963 bits per heavy atom. The van der Waals surface area contributed by atoms with E-state index in [1.807, 2.05) is 54.6 Å². The predicted molar refractivity (Wildman–Crippen MR) is 102 cm³/mol. The Morgan fingerprint density at radius 3 is 2.52 bits per heavy atom. The molecule has 0 aliphatic heterocycles. The number of nitrogens with zero attached hydrogens (tertiary/aromatic N) is 1. The molecule has 1 heterocycles. The summed E-state index contributed by atoms with van der Waals surface area (Å²) in [6.45, 7) is 0.165. The van der Waals surface area contributed by atoms with Gasteiger partial charge in [0.2, 0.25) is 0 Å². The smallest absolute Gasteiger partial charge is 0.306 e. The second-order valence-electron chi connectivity index (χ2n) is 5.91. The number of esters is 1. The van der Waals surface area contributed by atoms with E-state index in [-0.39, 0.29) is 12.6 Å². The number of carbonyl (C=O) groups is 1. The van der Waals surface area contributed by atoms with Gasteiger partial charge in [0, 0.05) is 18.2 Å². The standard InChI is InChI=1S/C22H21NO4/c1-25-19-11-8-17(9-12-19)10-13-22(24)26-16-18-5-2-3-7-21(18)27-20-6-4-14-23-15-20/h2-9,11-12,14-15H,10,13,16H2,1H3. The Labute approximate surface area is 158 Å². The Balaban J connectivity index is 1.52. The average molecular weight is 363 g/mol. The number of ether oxygens (including phenoxy) is 3. The summed E-state index contributed by atoms with van der Waals surface area (Å²) in [5.74, 6) is 1.83. The molecule has 0 radical (unpaired) electrons. The number of para-hydroxylation sites is 1. The van der Waals surface area contributed by atoms with Gasteiger partial charge in [0.05, 0.1) is 13.3 Å². The molecule has 5 heteroatoms. The van der Waals surface area contributed by atoms with Crippen LogP contribution in [0.2, 0.25) is 0 Å². The van der Waals surface area contributed by atoms with Crippen molar-refractivity contribution in [2.75, 3.05) is 7.11 Å². The molecule has 0 aliphatic carbocycles. The molecule has 5 nitrogen and oxygen atoms in total. The van der Waals surface area contributed by atoms with E-state index in [1.54, 1.807) is 25.6 Å². The first-order valence-electron chi connectivity index (χ1n) is 8.69. The van der Waals surface area contributed by atoms with Gasteiger partial charge in [-0.1, -0.05) is 30.3 Å². The lowest BCUT2D eigenvalue weighted by atomic mass is 10.1. The summed E-state index contributed by atoms with van der Waals surface area (Å²) in [5.41, 5.74) is 1.87. The second kappa shape index (κ2) is 9.38. The SMILES string of the molecule is COc1ccc(CCC(=O)OCc2ccccc2Oc2cccnc2)cc1. The minimum absolute atomic E-state index is 0.165. The molecule has 0 saturated carbocycles. The Morgan fingerprint density at radius 2 is 1.78 bits per heavy atom. The van der Waals surface area contributed by atoms with Crippen molar-refractivity contribution < 1.29 is 19.0 Å². The molecule has 0 bridgehead atoms. The van der Waals surface area contributed by atoms with Crippen molar-refractivity contribution in [3.63, 3.8) is 0 Å². The highest BCUT2D eigenvalue weighted by atomic mass is 16.5. The van der Waals surface area contributed by atoms with Crippen molar-refractivity contribution in [3.05, 3.63) is 84.2 Å². The average Bonchev–Trinajstić information content (AvgIpc) is 2.73. The highest BCUT2D eigenvalue weighted by molar-refractivity contribution is 5.69. The summed E-state index contributed by atoms with van der Waals surface area (Å²) in [4.78, 5) is 16.1. The fourth-order valence-electron chi connectivity index (χ4n) is 2.53. The first-order chi connectivity index (χ1) is 13.2. The number of aromatic nitrogens is 1. The van der Waals surface area contributed by atoms with Crippen LogP contribution in [0.4, 0.5) is 0 Å². The third-order valence-corrected chi connectivity index (χ3v) is 4.00. The molecule has 0 aliphatic rings. The van der Waals surface area contributed by atoms with E-state index in [2.05, 4.69) is 4.98 Å². The molecule has 1 aromatic heterocycles. The van der Waals surface area contributed by atoms with Crippen LogP contribution in [0.25, 0.3) is 0 Å². The normalized spacial score (nSPS) is 10.3. The van der Waals surface area contributed by atoms with Gasteiger partial charge in [-0.3, -0.25) is 9.78 Å². The fourth-order valence-corrected chi connectivity index (χ4v) is 2.53. The van der Waals surface area contributed by atoms with Crippen molar-refractivity contribution >= 4 is 5.97 Å². The van der Waals surface area contributed by atoms with E-state index >= 15 is 0 Å². The second-order valence-corrected chi connectivity index (χ2v) is 5.91. The van der Waals surface area contributed by atoms with Crippen LogP contribution < -0.4 is 9.47 Å². The summed E-state index contributed by atoms with van der Waals surface area (Å²) in [6.07, 6.45) is 4.26. The van der Waals surface area contributed by atoms with Crippen LogP contribution in [0.5, 0.6) is 17.2 Å². The number of aryl methyl sites for hydroxylation is 1. The largest absolute Gasteiger partial charge is 0.497 e. The molecule has 3 aromatic rings. The number of benzene rings is 2. The molecule has 0 amide bonds. The summed E-state index contributed by atoms with van der Waals surface area (Å²) in [6, 6.07) is 18.8. The van der Waals surface area contributed by atoms with Gasteiger partial charge in [-0.15, -0.1) is 0 Å².